The first-order valence-corrected chi connectivity index (χ1v) is 8.47. The van der Waals surface area contributed by atoms with Crippen LogP contribution in [0.4, 0.5) is 5.82 Å². The summed E-state index contributed by atoms with van der Waals surface area (Å²) in [7, 11) is 1.89. The molecule has 7 heteroatoms. The molecule has 1 atom stereocenters. The molecular weight excluding hydrogens is 298 g/mol. The third-order valence-corrected chi connectivity index (χ3v) is 5.40. The zero-order valence-corrected chi connectivity index (χ0v) is 13.6. The zero-order valence-electron chi connectivity index (χ0n) is 12.8. The summed E-state index contributed by atoms with van der Waals surface area (Å²) < 4.78 is 0. The van der Waals surface area contributed by atoms with Crippen molar-refractivity contribution in [3.05, 3.63) is 17.3 Å². The lowest BCUT2D eigenvalue weighted by Gasteiger charge is -2.45. The molecule has 0 aliphatic carbocycles. The normalized spacial score (nSPS) is 23.2. The molecule has 0 saturated carbocycles. The van der Waals surface area contributed by atoms with E-state index in [-0.39, 0.29) is 11.9 Å². The van der Waals surface area contributed by atoms with E-state index in [1.807, 2.05) is 18.9 Å². The molecule has 0 spiro atoms. The molecule has 0 aromatic carbocycles. The minimum absolute atomic E-state index is 0.0449. The van der Waals surface area contributed by atoms with E-state index in [1.54, 1.807) is 11.3 Å². The number of piperazine rings is 2. The Bertz CT molecular complexity index is 730. The fourth-order valence-corrected chi connectivity index (χ4v) is 4.15. The zero-order chi connectivity index (χ0) is 15.3. The molecule has 116 valence electrons. The van der Waals surface area contributed by atoms with Crippen molar-refractivity contribution in [2.24, 2.45) is 0 Å². The number of nitrogens with zero attached hydrogens (tertiary/aromatic N) is 5. The Morgan fingerprint density at radius 1 is 1.23 bits per heavy atom. The lowest BCUT2D eigenvalue weighted by molar-refractivity contribution is -0.140. The van der Waals surface area contributed by atoms with Crippen LogP contribution in [-0.2, 0) is 4.79 Å². The number of aryl methyl sites for hydroxylation is 1. The molecule has 6 nitrogen and oxygen atoms in total. The minimum Gasteiger partial charge on any atom is -0.353 e. The number of hydrogen-bond acceptors (Lipinski definition) is 6. The van der Waals surface area contributed by atoms with E-state index in [2.05, 4.69) is 31.2 Å². The third kappa shape index (κ3) is 2.16. The largest absolute Gasteiger partial charge is 0.353 e. The van der Waals surface area contributed by atoms with Crippen molar-refractivity contribution in [2.45, 2.75) is 13.0 Å². The van der Waals surface area contributed by atoms with Crippen molar-refractivity contribution in [2.75, 3.05) is 44.7 Å². The summed E-state index contributed by atoms with van der Waals surface area (Å²) in [6.45, 7) is 6.27. The van der Waals surface area contributed by atoms with Crippen LogP contribution in [0, 0.1) is 6.92 Å². The number of aromatic nitrogens is 2. The molecule has 2 aromatic heterocycles. The number of anilines is 1. The van der Waals surface area contributed by atoms with E-state index in [9.17, 15) is 4.79 Å². The second-order valence-electron chi connectivity index (χ2n) is 5.99. The molecule has 4 rings (SSSR count). The number of carbonyl (C=O) groups is 1. The van der Waals surface area contributed by atoms with Crippen molar-refractivity contribution >= 4 is 33.3 Å². The average Bonchev–Trinajstić information content (AvgIpc) is 2.98. The van der Waals surface area contributed by atoms with Gasteiger partial charge in [0, 0.05) is 39.8 Å². The quantitative estimate of drug-likeness (QED) is 0.784. The lowest BCUT2D eigenvalue weighted by Crippen LogP contribution is -2.64. The van der Waals surface area contributed by atoms with Crippen LogP contribution in [0.1, 0.15) is 5.82 Å². The summed E-state index contributed by atoms with van der Waals surface area (Å²) >= 11 is 1.64. The number of amides is 1. The second-order valence-corrected chi connectivity index (χ2v) is 6.89. The van der Waals surface area contributed by atoms with Gasteiger partial charge in [-0.25, -0.2) is 9.97 Å². The van der Waals surface area contributed by atoms with Crippen LogP contribution < -0.4 is 4.90 Å². The SMILES string of the molecule is Cc1nc(N2CCN3CCN(C)C(=O)[C@H]3C2)c2ccsc2n1. The number of fused-ring (bicyclic) bond motifs is 2. The van der Waals surface area contributed by atoms with Crippen molar-refractivity contribution < 1.29 is 4.79 Å². The molecular formula is C15H19N5OS. The van der Waals surface area contributed by atoms with Crippen LogP contribution in [0.15, 0.2) is 11.4 Å². The van der Waals surface area contributed by atoms with E-state index in [1.165, 1.54) is 0 Å². The van der Waals surface area contributed by atoms with E-state index in [4.69, 9.17) is 0 Å². The first-order valence-electron chi connectivity index (χ1n) is 7.59. The number of likely N-dealkylation sites (N-methyl/N-ethyl adjacent to an activating group) is 1. The molecule has 2 aromatic rings. The number of thiophene rings is 1. The second kappa shape index (κ2) is 5.17. The van der Waals surface area contributed by atoms with Crippen LogP contribution >= 0.6 is 11.3 Å². The van der Waals surface area contributed by atoms with Gasteiger partial charge in [-0.15, -0.1) is 11.3 Å². The van der Waals surface area contributed by atoms with E-state index in [0.29, 0.717) is 6.54 Å². The molecule has 0 unspecified atom stereocenters. The van der Waals surface area contributed by atoms with Crippen molar-refractivity contribution in [1.82, 2.24) is 19.8 Å². The minimum atomic E-state index is -0.0449. The lowest BCUT2D eigenvalue weighted by atomic mass is 10.1. The van der Waals surface area contributed by atoms with Crippen LogP contribution in [0.2, 0.25) is 0 Å². The van der Waals surface area contributed by atoms with Gasteiger partial charge in [0.1, 0.15) is 22.5 Å². The van der Waals surface area contributed by atoms with Crippen molar-refractivity contribution in [1.29, 1.82) is 0 Å². The summed E-state index contributed by atoms with van der Waals surface area (Å²) in [6.07, 6.45) is 0. The molecule has 2 aliphatic rings. The Hall–Kier alpha value is -1.73. The monoisotopic (exact) mass is 317 g/mol. The van der Waals surface area contributed by atoms with Gasteiger partial charge in [-0.05, 0) is 18.4 Å². The molecule has 1 amide bonds. The van der Waals surface area contributed by atoms with Crippen LogP contribution in [-0.4, -0.2) is 71.5 Å². The molecule has 0 radical (unpaired) electrons. The number of hydrogen-bond donors (Lipinski definition) is 0. The predicted molar refractivity (Wildman–Crippen MR) is 87.4 cm³/mol. The summed E-state index contributed by atoms with van der Waals surface area (Å²) in [4.78, 5) is 29.0. The number of carbonyl (C=O) groups excluding carboxylic acids is 1. The Balaban J connectivity index is 1.68. The Morgan fingerprint density at radius 3 is 2.91 bits per heavy atom. The highest BCUT2D eigenvalue weighted by Gasteiger charge is 2.38. The smallest absolute Gasteiger partial charge is 0.241 e. The molecule has 0 bridgehead atoms. The highest BCUT2D eigenvalue weighted by molar-refractivity contribution is 7.16. The van der Waals surface area contributed by atoms with Gasteiger partial charge < -0.3 is 9.80 Å². The van der Waals surface area contributed by atoms with Crippen LogP contribution in [0.3, 0.4) is 0 Å². The maximum absolute atomic E-state index is 12.4. The van der Waals surface area contributed by atoms with Gasteiger partial charge in [0.2, 0.25) is 5.91 Å². The van der Waals surface area contributed by atoms with Gasteiger partial charge in [-0.2, -0.15) is 0 Å². The van der Waals surface area contributed by atoms with E-state index < -0.39 is 0 Å². The van der Waals surface area contributed by atoms with Crippen LogP contribution in [0.25, 0.3) is 10.2 Å². The summed E-state index contributed by atoms with van der Waals surface area (Å²) in [5.74, 6) is 1.99. The number of rotatable bonds is 1. The van der Waals surface area contributed by atoms with Crippen molar-refractivity contribution in [3.63, 3.8) is 0 Å². The average molecular weight is 317 g/mol. The fourth-order valence-electron chi connectivity index (χ4n) is 3.34. The van der Waals surface area contributed by atoms with Crippen LogP contribution in [0.5, 0.6) is 0 Å². The molecule has 22 heavy (non-hydrogen) atoms. The Labute approximate surface area is 133 Å². The summed E-state index contributed by atoms with van der Waals surface area (Å²) in [5, 5.41) is 3.15. The maximum Gasteiger partial charge on any atom is 0.241 e. The van der Waals surface area contributed by atoms with Gasteiger partial charge in [0.15, 0.2) is 0 Å². The Morgan fingerprint density at radius 2 is 2.05 bits per heavy atom. The summed E-state index contributed by atoms with van der Waals surface area (Å²) in [6, 6.07) is 2.03. The molecule has 2 fully saturated rings. The molecule has 2 aliphatic heterocycles. The van der Waals surface area contributed by atoms with Gasteiger partial charge >= 0.3 is 0 Å². The summed E-state index contributed by atoms with van der Waals surface area (Å²) in [5.41, 5.74) is 0. The topological polar surface area (TPSA) is 52.6 Å². The van der Waals surface area contributed by atoms with Gasteiger partial charge in [-0.3, -0.25) is 9.69 Å². The van der Waals surface area contributed by atoms with Crippen molar-refractivity contribution in [3.8, 4) is 0 Å². The fraction of sp³-hybridized carbons (Fsp3) is 0.533. The van der Waals surface area contributed by atoms with Gasteiger partial charge in [-0.1, -0.05) is 0 Å². The predicted octanol–water partition coefficient (Wildman–Crippen LogP) is 0.962. The molecule has 4 heterocycles. The van der Waals surface area contributed by atoms with E-state index in [0.717, 1.165) is 48.0 Å². The van der Waals surface area contributed by atoms with Gasteiger partial charge in [0.25, 0.3) is 0 Å². The molecule has 0 N–H and O–H groups in total. The third-order valence-electron chi connectivity index (χ3n) is 4.59. The Kier molecular flexibility index (Phi) is 3.27. The molecule has 2 saturated heterocycles. The highest BCUT2D eigenvalue weighted by Crippen LogP contribution is 2.29. The standard InChI is InChI=1S/C15H19N5OS/c1-10-16-13(11-3-8-22-14(11)17-10)20-7-6-19-5-4-18(2)15(21)12(19)9-20/h3,8,12H,4-7,9H2,1-2H3/t12-/m1/s1. The first-order chi connectivity index (χ1) is 10.6. The maximum atomic E-state index is 12.4. The highest BCUT2D eigenvalue weighted by atomic mass is 32.1. The van der Waals surface area contributed by atoms with Gasteiger partial charge in [0.05, 0.1) is 5.39 Å². The van der Waals surface area contributed by atoms with E-state index >= 15 is 0 Å². The first kappa shape index (κ1) is 13.9.